The Kier molecular flexibility index (Phi) is 1.82. The summed E-state index contributed by atoms with van der Waals surface area (Å²) in [6, 6.07) is 0. The first-order valence-corrected chi connectivity index (χ1v) is 3.10. The Morgan fingerprint density at radius 2 is 2.08 bits per heavy atom. The Morgan fingerprint density at radius 3 is 2.33 bits per heavy atom. The topological polar surface area (TPSA) is 112 Å². The first-order valence-electron chi connectivity index (χ1n) is 3.10. The van der Waals surface area contributed by atoms with Gasteiger partial charge in [0.15, 0.2) is 11.5 Å². The third kappa shape index (κ3) is 1.14. The number of amides is 1. The van der Waals surface area contributed by atoms with E-state index in [2.05, 4.69) is 9.68 Å². The molecule has 0 bridgehead atoms. The standard InChI is InChI=1S/C6H7N3O3/c1-2(10)5-3(7)4(6(8)11)9-12-5/h7H2,1H3,(H2,8,11). The van der Waals surface area contributed by atoms with Gasteiger partial charge in [-0.05, 0) is 0 Å². The molecule has 64 valence electrons. The van der Waals surface area contributed by atoms with Crippen LogP contribution in [-0.4, -0.2) is 16.8 Å². The van der Waals surface area contributed by atoms with Crippen molar-refractivity contribution in [1.82, 2.24) is 5.16 Å². The smallest absolute Gasteiger partial charge is 0.273 e. The Labute approximate surface area is 67.5 Å². The predicted octanol–water partition coefficient (Wildman–Crippen LogP) is -0.442. The number of hydrogen-bond acceptors (Lipinski definition) is 5. The van der Waals surface area contributed by atoms with E-state index in [1.807, 2.05) is 0 Å². The van der Waals surface area contributed by atoms with Crippen LogP contribution < -0.4 is 11.5 Å². The van der Waals surface area contributed by atoms with Crippen LogP contribution in [0.5, 0.6) is 0 Å². The molecule has 12 heavy (non-hydrogen) atoms. The first kappa shape index (κ1) is 8.25. The minimum Gasteiger partial charge on any atom is -0.393 e. The third-order valence-corrected chi connectivity index (χ3v) is 1.28. The molecule has 0 saturated heterocycles. The molecule has 6 nitrogen and oxygen atoms in total. The summed E-state index contributed by atoms with van der Waals surface area (Å²) in [6.45, 7) is 1.25. The summed E-state index contributed by atoms with van der Waals surface area (Å²) in [5.74, 6) is -1.35. The van der Waals surface area contributed by atoms with Gasteiger partial charge >= 0.3 is 0 Å². The average Bonchev–Trinajstić information content (AvgIpc) is 2.30. The fraction of sp³-hybridized carbons (Fsp3) is 0.167. The van der Waals surface area contributed by atoms with Crippen LogP contribution in [0.25, 0.3) is 0 Å². The maximum absolute atomic E-state index is 10.7. The molecular formula is C6H7N3O3. The summed E-state index contributed by atoms with van der Waals surface area (Å²) >= 11 is 0. The zero-order valence-electron chi connectivity index (χ0n) is 6.33. The van der Waals surface area contributed by atoms with Gasteiger partial charge in [0.2, 0.25) is 5.76 Å². The molecule has 0 aromatic carbocycles. The number of nitrogen functional groups attached to an aromatic ring is 1. The Morgan fingerprint density at radius 1 is 1.50 bits per heavy atom. The second-order valence-electron chi connectivity index (χ2n) is 2.19. The van der Waals surface area contributed by atoms with Crippen LogP contribution in [-0.2, 0) is 0 Å². The maximum atomic E-state index is 10.7. The van der Waals surface area contributed by atoms with E-state index in [9.17, 15) is 9.59 Å². The minimum absolute atomic E-state index is 0.102. The summed E-state index contributed by atoms with van der Waals surface area (Å²) < 4.78 is 4.49. The van der Waals surface area contributed by atoms with E-state index in [1.54, 1.807) is 0 Å². The maximum Gasteiger partial charge on any atom is 0.273 e. The fourth-order valence-corrected chi connectivity index (χ4v) is 0.729. The molecule has 4 N–H and O–H groups in total. The molecule has 1 aromatic rings. The molecule has 0 aliphatic heterocycles. The number of Topliss-reactive ketones (excluding diaryl/α,β-unsaturated/α-hetero) is 1. The van der Waals surface area contributed by atoms with Crippen LogP contribution in [0.1, 0.15) is 28.0 Å². The van der Waals surface area contributed by atoms with Gasteiger partial charge in [-0.3, -0.25) is 9.59 Å². The van der Waals surface area contributed by atoms with Crippen molar-refractivity contribution in [3.63, 3.8) is 0 Å². The lowest BCUT2D eigenvalue weighted by atomic mass is 10.2. The predicted molar refractivity (Wildman–Crippen MR) is 39.4 cm³/mol. The molecule has 0 aliphatic rings. The summed E-state index contributed by atoms with van der Waals surface area (Å²) in [6.07, 6.45) is 0. The molecule has 1 aromatic heterocycles. The highest BCUT2D eigenvalue weighted by atomic mass is 16.5. The molecule has 0 atom stereocenters. The molecule has 6 heteroatoms. The number of ketones is 1. The van der Waals surface area contributed by atoms with Crippen molar-refractivity contribution in [2.24, 2.45) is 5.73 Å². The van der Waals surface area contributed by atoms with Crippen LogP contribution >= 0.6 is 0 Å². The molecule has 1 heterocycles. The van der Waals surface area contributed by atoms with Gasteiger partial charge in [-0.2, -0.15) is 0 Å². The Hall–Kier alpha value is -1.85. The van der Waals surface area contributed by atoms with E-state index >= 15 is 0 Å². The van der Waals surface area contributed by atoms with Crippen molar-refractivity contribution in [3.8, 4) is 0 Å². The SMILES string of the molecule is CC(=O)c1onc(C(N)=O)c1N. The highest BCUT2D eigenvalue weighted by molar-refractivity contribution is 6.03. The summed E-state index contributed by atoms with van der Waals surface area (Å²) in [5.41, 5.74) is 9.89. The quantitative estimate of drug-likeness (QED) is 0.582. The lowest BCUT2D eigenvalue weighted by molar-refractivity contribution is 0.0967. The van der Waals surface area contributed by atoms with E-state index in [0.29, 0.717) is 0 Å². The van der Waals surface area contributed by atoms with Gasteiger partial charge in [0.1, 0.15) is 5.69 Å². The summed E-state index contributed by atoms with van der Waals surface area (Å²) in [4.78, 5) is 21.3. The van der Waals surface area contributed by atoms with Gasteiger partial charge in [0.25, 0.3) is 5.91 Å². The molecular weight excluding hydrogens is 162 g/mol. The largest absolute Gasteiger partial charge is 0.393 e. The van der Waals surface area contributed by atoms with Crippen LogP contribution in [0.2, 0.25) is 0 Å². The van der Waals surface area contributed by atoms with Gasteiger partial charge in [-0.15, -0.1) is 0 Å². The van der Waals surface area contributed by atoms with Gasteiger partial charge in [-0.1, -0.05) is 5.16 Å². The number of nitrogens with zero attached hydrogens (tertiary/aromatic N) is 1. The Balaban J connectivity index is 3.22. The number of nitrogens with two attached hydrogens (primary N) is 2. The van der Waals surface area contributed by atoms with E-state index in [4.69, 9.17) is 11.5 Å². The highest BCUT2D eigenvalue weighted by Crippen LogP contribution is 2.16. The summed E-state index contributed by atoms with van der Waals surface area (Å²) in [5, 5.41) is 3.24. The third-order valence-electron chi connectivity index (χ3n) is 1.28. The van der Waals surface area contributed by atoms with Gasteiger partial charge in [0, 0.05) is 6.92 Å². The van der Waals surface area contributed by atoms with E-state index in [0.717, 1.165) is 0 Å². The first-order chi connectivity index (χ1) is 5.54. The molecule has 1 rings (SSSR count). The zero-order chi connectivity index (χ0) is 9.30. The van der Waals surface area contributed by atoms with Gasteiger partial charge < -0.3 is 16.0 Å². The van der Waals surface area contributed by atoms with Gasteiger partial charge in [0.05, 0.1) is 0 Å². The van der Waals surface area contributed by atoms with Crippen molar-refractivity contribution in [1.29, 1.82) is 0 Å². The number of primary amides is 1. The van der Waals surface area contributed by atoms with Crippen LogP contribution in [0.4, 0.5) is 5.69 Å². The lowest BCUT2D eigenvalue weighted by Gasteiger charge is -1.88. The molecule has 0 spiro atoms. The molecule has 0 saturated carbocycles. The monoisotopic (exact) mass is 169 g/mol. The van der Waals surface area contributed by atoms with Crippen LogP contribution in [0.3, 0.4) is 0 Å². The number of rotatable bonds is 2. The second kappa shape index (κ2) is 2.65. The molecule has 0 aliphatic carbocycles. The van der Waals surface area contributed by atoms with E-state index in [-0.39, 0.29) is 17.1 Å². The normalized spacial score (nSPS) is 9.75. The zero-order valence-corrected chi connectivity index (χ0v) is 6.33. The molecule has 0 fully saturated rings. The van der Waals surface area contributed by atoms with E-state index in [1.165, 1.54) is 6.92 Å². The molecule has 0 radical (unpaired) electrons. The van der Waals surface area contributed by atoms with Crippen molar-refractivity contribution < 1.29 is 14.1 Å². The fourth-order valence-electron chi connectivity index (χ4n) is 0.729. The van der Waals surface area contributed by atoms with Crippen molar-refractivity contribution >= 4 is 17.4 Å². The lowest BCUT2D eigenvalue weighted by Crippen LogP contribution is -2.13. The number of anilines is 1. The van der Waals surface area contributed by atoms with Crippen molar-refractivity contribution in [2.75, 3.05) is 5.73 Å². The Bertz CT molecular complexity index is 310. The van der Waals surface area contributed by atoms with Crippen molar-refractivity contribution in [2.45, 2.75) is 6.92 Å². The second-order valence-corrected chi connectivity index (χ2v) is 2.19. The number of carbonyl (C=O) groups excluding carboxylic acids is 2. The molecule has 1 amide bonds. The van der Waals surface area contributed by atoms with Crippen LogP contribution in [0.15, 0.2) is 4.52 Å². The number of aromatic nitrogens is 1. The average molecular weight is 169 g/mol. The van der Waals surface area contributed by atoms with Crippen molar-refractivity contribution in [3.05, 3.63) is 11.5 Å². The number of hydrogen-bond donors (Lipinski definition) is 2. The highest BCUT2D eigenvalue weighted by Gasteiger charge is 2.19. The molecule has 0 unspecified atom stereocenters. The summed E-state index contributed by atoms with van der Waals surface area (Å²) in [7, 11) is 0. The van der Waals surface area contributed by atoms with Crippen LogP contribution in [0, 0.1) is 0 Å². The van der Waals surface area contributed by atoms with E-state index < -0.39 is 11.7 Å². The minimum atomic E-state index is -0.816. The number of carbonyl (C=O) groups is 2. The van der Waals surface area contributed by atoms with Gasteiger partial charge in [-0.25, -0.2) is 0 Å².